The van der Waals surface area contributed by atoms with Crippen LogP contribution in [0, 0.1) is 13.8 Å². The monoisotopic (exact) mass is 234 g/mol. The molecule has 0 bridgehead atoms. The summed E-state index contributed by atoms with van der Waals surface area (Å²) in [5.41, 5.74) is 4.02. The van der Waals surface area contributed by atoms with Gasteiger partial charge in [-0.15, -0.1) is 0 Å². The number of rotatable bonds is 2. The first-order valence-corrected chi connectivity index (χ1v) is 6.20. The van der Waals surface area contributed by atoms with Gasteiger partial charge in [-0.3, -0.25) is 4.90 Å². The van der Waals surface area contributed by atoms with Crippen molar-refractivity contribution in [3.05, 3.63) is 28.8 Å². The van der Waals surface area contributed by atoms with Crippen LogP contribution in [0.25, 0.3) is 0 Å². The molecule has 1 aliphatic heterocycles. The second-order valence-corrected chi connectivity index (χ2v) is 4.81. The number of likely N-dealkylation sites (N-methyl/N-ethyl adjacent to an activating group) is 1. The largest absolute Gasteiger partial charge is 0.496 e. The predicted octanol–water partition coefficient (Wildman–Crippen LogP) is 1.89. The highest BCUT2D eigenvalue weighted by atomic mass is 16.5. The van der Waals surface area contributed by atoms with Gasteiger partial charge >= 0.3 is 0 Å². The van der Waals surface area contributed by atoms with Gasteiger partial charge < -0.3 is 10.1 Å². The summed E-state index contributed by atoms with van der Waals surface area (Å²) in [4.78, 5) is 2.42. The quantitative estimate of drug-likeness (QED) is 0.845. The Morgan fingerprint density at radius 2 is 2.06 bits per heavy atom. The lowest BCUT2D eigenvalue weighted by Crippen LogP contribution is -2.44. The average Bonchev–Trinajstić information content (AvgIpc) is 2.34. The Balaban J connectivity index is 2.35. The Hall–Kier alpha value is -1.06. The van der Waals surface area contributed by atoms with Crippen molar-refractivity contribution in [1.82, 2.24) is 10.2 Å². The van der Waals surface area contributed by atoms with Crippen LogP contribution in [0.2, 0.25) is 0 Å². The summed E-state index contributed by atoms with van der Waals surface area (Å²) < 4.78 is 5.37. The van der Waals surface area contributed by atoms with Crippen LogP contribution in [-0.2, 0) is 0 Å². The molecule has 1 saturated heterocycles. The first-order valence-electron chi connectivity index (χ1n) is 6.20. The molecule has 1 heterocycles. The van der Waals surface area contributed by atoms with Gasteiger partial charge in [-0.05, 0) is 43.7 Å². The van der Waals surface area contributed by atoms with E-state index in [-0.39, 0.29) is 0 Å². The van der Waals surface area contributed by atoms with E-state index >= 15 is 0 Å². The third-order valence-corrected chi connectivity index (χ3v) is 3.87. The van der Waals surface area contributed by atoms with Gasteiger partial charge in [0.2, 0.25) is 0 Å². The van der Waals surface area contributed by atoms with Crippen LogP contribution in [0.3, 0.4) is 0 Å². The SMILES string of the molecule is COc1ccc(C2CNCCN2C)c(C)c1C. The molecule has 1 fully saturated rings. The summed E-state index contributed by atoms with van der Waals surface area (Å²) >= 11 is 0. The minimum atomic E-state index is 0.480. The zero-order chi connectivity index (χ0) is 12.4. The van der Waals surface area contributed by atoms with E-state index in [1.807, 2.05) is 0 Å². The minimum Gasteiger partial charge on any atom is -0.496 e. The molecule has 0 spiro atoms. The molecule has 3 heteroatoms. The number of benzene rings is 1. The summed E-state index contributed by atoms with van der Waals surface area (Å²) in [6, 6.07) is 4.77. The molecule has 17 heavy (non-hydrogen) atoms. The van der Waals surface area contributed by atoms with E-state index in [2.05, 4.69) is 43.2 Å². The van der Waals surface area contributed by atoms with Crippen molar-refractivity contribution in [2.75, 3.05) is 33.8 Å². The molecule has 1 atom stereocenters. The van der Waals surface area contributed by atoms with Crippen molar-refractivity contribution in [3.63, 3.8) is 0 Å². The molecule has 3 nitrogen and oxygen atoms in total. The maximum absolute atomic E-state index is 5.37. The van der Waals surface area contributed by atoms with Gasteiger partial charge in [-0.25, -0.2) is 0 Å². The highest BCUT2D eigenvalue weighted by Gasteiger charge is 2.22. The van der Waals surface area contributed by atoms with Crippen LogP contribution in [0.4, 0.5) is 0 Å². The number of methoxy groups -OCH3 is 1. The normalized spacial score (nSPS) is 21.5. The summed E-state index contributed by atoms with van der Waals surface area (Å²) in [5.74, 6) is 0.984. The lowest BCUT2D eigenvalue weighted by Gasteiger charge is -2.34. The maximum Gasteiger partial charge on any atom is 0.122 e. The fraction of sp³-hybridized carbons (Fsp3) is 0.571. The second-order valence-electron chi connectivity index (χ2n) is 4.81. The van der Waals surface area contributed by atoms with Gasteiger partial charge in [0.1, 0.15) is 5.75 Å². The molecule has 2 rings (SSSR count). The third kappa shape index (κ3) is 2.31. The van der Waals surface area contributed by atoms with E-state index in [0.717, 1.165) is 25.4 Å². The first-order chi connectivity index (χ1) is 8.15. The fourth-order valence-corrected chi connectivity index (χ4v) is 2.55. The Morgan fingerprint density at radius 1 is 1.29 bits per heavy atom. The molecule has 0 saturated carbocycles. The van der Waals surface area contributed by atoms with Crippen molar-refractivity contribution in [3.8, 4) is 5.75 Å². The second kappa shape index (κ2) is 5.07. The van der Waals surface area contributed by atoms with Crippen molar-refractivity contribution in [2.24, 2.45) is 0 Å². The van der Waals surface area contributed by atoms with Crippen LogP contribution in [0.1, 0.15) is 22.7 Å². The molecule has 94 valence electrons. The van der Waals surface area contributed by atoms with Crippen LogP contribution >= 0.6 is 0 Å². The lowest BCUT2D eigenvalue weighted by molar-refractivity contribution is 0.201. The number of hydrogen-bond acceptors (Lipinski definition) is 3. The topological polar surface area (TPSA) is 24.5 Å². The van der Waals surface area contributed by atoms with Crippen molar-refractivity contribution >= 4 is 0 Å². The summed E-state index contributed by atoms with van der Waals surface area (Å²) in [6.45, 7) is 7.54. The van der Waals surface area contributed by atoms with Crippen molar-refractivity contribution < 1.29 is 4.74 Å². The zero-order valence-electron chi connectivity index (χ0n) is 11.2. The standard InChI is InChI=1S/C14H22N2O/c1-10-11(2)14(17-4)6-5-12(10)13-9-15-7-8-16(13)3/h5-6,13,15H,7-9H2,1-4H3. The van der Waals surface area contributed by atoms with E-state index < -0.39 is 0 Å². The highest BCUT2D eigenvalue weighted by molar-refractivity contribution is 5.45. The Morgan fingerprint density at radius 3 is 2.71 bits per heavy atom. The Bertz CT molecular complexity index is 403. The van der Waals surface area contributed by atoms with E-state index in [1.165, 1.54) is 16.7 Å². The summed E-state index contributed by atoms with van der Waals surface area (Å²) in [7, 11) is 3.93. The average molecular weight is 234 g/mol. The van der Waals surface area contributed by atoms with E-state index in [9.17, 15) is 0 Å². The number of nitrogens with zero attached hydrogens (tertiary/aromatic N) is 1. The molecular formula is C14H22N2O. The van der Waals surface area contributed by atoms with Gasteiger partial charge in [-0.1, -0.05) is 6.07 Å². The number of piperazine rings is 1. The number of ether oxygens (including phenoxy) is 1. The van der Waals surface area contributed by atoms with Crippen LogP contribution < -0.4 is 10.1 Å². The molecule has 0 amide bonds. The van der Waals surface area contributed by atoms with Crippen molar-refractivity contribution in [1.29, 1.82) is 0 Å². The summed E-state index contributed by atoms with van der Waals surface area (Å²) in [5, 5.41) is 3.47. The third-order valence-electron chi connectivity index (χ3n) is 3.87. The molecular weight excluding hydrogens is 212 g/mol. The fourth-order valence-electron chi connectivity index (χ4n) is 2.55. The Kier molecular flexibility index (Phi) is 3.69. The minimum absolute atomic E-state index is 0.480. The zero-order valence-corrected chi connectivity index (χ0v) is 11.2. The van der Waals surface area contributed by atoms with Crippen LogP contribution in [0.5, 0.6) is 5.75 Å². The number of hydrogen-bond donors (Lipinski definition) is 1. The summed E-state index contributed by atoms with van der Waals surface area (Å²) in [6.07, 6.45) is 0. The van der Waals surface area contributed by atoms with E-state index in [4.69, 9.17) is 4.74 Å². The lowest BCUT2D eigenvalue weighted by atomic mass is 9.95. The molecule has 1 aliphatic rings. The smallest absolute Gasteiger partial charge is 0.122 e. The van der Waals surface area contributed by atoms with Gasteiger partial charge in [0.25, 0.3) is 0 Å². The molecule has 0 radical (unpaired) electrons. The molecule has 1 aromatic carbocycles. The number of nitrogens with one attached hydrogen (secondary N) is 1. The van der Waals surface area contributed by atoms with Gasteiger partial charge in [0.15, 0.2) is 0 Å². The van der Waals surface area contributed by atoms with Gasteiger partial charge in [0, 0.05) is 25.7 Å². The van der Waals surface area contributed by atoms with E-state index in [1.54, 1.807) is 7.11 Å². The van der Waals surface area contributed by atoms with Crippen LogP contribution in [-0.4, -0.2) is 38.7 Å². The van der Waals surface area contributed by atoms with Crippen LogP contribution in [0.15, 0.2) is 12.1 Å². The molecule has 1 N–H and O–H groups in total. The molecule has 0 aromatic heterocycles. The highest BCUT2D eigenvalue weighted by Crippen LogP contribution is 2.30. The van der Waals surface area contributed by atoms with Crippen molar-refractivity contribution in [2.45, 2.75) is 19.9 Å². The predicted molar refractivity (Wildman–Crippen MR) is 70.7 cm³/mol. The maximum atomic E-state index is 5.37. The molecule has 1 aromatic rings. The first kappa shape index (κ1) is 12.4. The van der Waals surface area contributed by atoms with Gasteiger partial charge in [-0.2, -0.15) is 0 Å². The molecule has 0 aliphatic carbocycles. The molecule has 1 unspecified atom stereocenters. The van der Waals surface area contributed by atoms with E-state index in [0.29, 0.717) is 6.04 Å². The van der Waals surface area contributed by atoms with Gasteiger partial charge in [0.05, 0.1) is 7.11 Å². The Labute approximate surface area is 104 Å².